The maximum absolute atomic E-state index is 9.08. The van der Waals surface area contributed by atoms with Gasteiger partial charge in [-0.2, -0.15) is 0 Å². The Kier molecular flexibility index (Phi) is 4.58. The highest BCUT2D eigenvalue weighted by atomic mass is 32.2. The highest BCUT2D eigenvalue weighted by molar-refractivity contribution is 7.84. The summed E-state index contributed by atoms with van der Waals surface area (Å²) in [6.07, 6.45) is 3.10. The number of nitrogens with one attached hydrogen (secondary N) is 1. The molecule has 0 fully saturated rings. The molecule has 0 aliphatic rings. The topological polar surface area (TPSA) is 97.1 Å². The van der Waals surface area contributed by atoms with E-state index in [1.807, 2.05) is 14.0 Å². The third kappa shape index (κ3) is 5.55. The Bertz CT molecular complexity index is 374. The number of aryl methyl sites for hydroxylation is 1. The molecule has 2 N–H and O–H groups in total. The average molecular weight is 222 g/mol. The van der Waals surface area contributed by atoms with E-state index in [4.69, 9.17) is 18.1 Å². The molecule has 1 heterocycles. The molecule has 7 heteroatoms. The molecule has 0 amide bonds. The summed E-state index contributed by atoms with van der Waals surface area (Å²) in [6.45, 7) is 2.03. The molecule has 14 heavy (non-hydrogen) atoms. The largest absolute Gasteiger partial charge is 0.748 e. The third-order valence-corrected chi connectivity index (χ3v) is 1.45. The van der Waals surface area contributed by atoms with Crippen LogP contribution >= 0.6 is 0 Å². The van der Waals surface area contributed by atoms with Crippen LogP contribution in [0.5, 0.6) is 5.88 Å². The van der Waals surface area contributed by atoms with E-state index in [-0.39, 0.29) is 5.88 Å². The van der Waals surface area contributed by atoms with Gasteiger partial charge in [-0.25, -0.2) is 18.0 Å². The summed E-state index contributed by atoms with van der Waals surface area (Å²) in [4.78, 5) is 2.94. The first kappa shape index (κ1) is 12.9. The second-order valence-electron chi connectivity index (χ2n) is 2.71. The van der Waals surface area contributed by atoms with Crippen molar-refractivity contribution in [2.24, 2.45) is 7.05 Å². The lowest BCUT2D eigenvalue weighted by molar-refractivity contribution is -0.683. The van der Waals surface area contributed by atoms with Crippen LogP contribution in [0.2, 0.25) is 0 Å². The second kappa shape index (κ2) is 4.97. The average Bonchev–Trinajstić information content (AvgIpc) is 2.30. The molecule has 0 atom stereocenters. The van der Waals surface area contributed by atoms with Gasteiger partial charge in [-0.3, -0.25) is 0 Å². The molecule has 0 radical (unpaired) electrons. The summed E-state index contributed by atoms with van der Waals surface area (Å²) in [7, 11) is -2.09. The molecule has 1 aromatic rings. The van der Waals surface area contributed by atoms with Gasteiger partial charge in [-0.05, 0) is 0 Å². The van der Waals surface area contributed by atoms with E-state index in [9.17, 15) is 0 Å². The minimum absolute atomic E-state index is 0.284. The first-order valence-corrected chi connectivity index (χ1v) is 5.73. The van der Waals surface area contributed by atoms with E-state index in [0.717, 1.165) is 12.2 Å². The normalized spacial score (nSPS) is 10.6. The molecule has 0 bridgehead atoms. The Morgan fingerprint density at radius 1 is 1.64 bits per heavy atom. The van der Waals surface area contributed by atoms with Gasteiger partial charge < -0.3 is 9.66 Å². The first-order valence-electron chi connectivity index (χ1n) is 3.91. The quantitative estimate of drug-likeness (QED) is 0.483. The number of hydrogen-bond acceptors (Lipinski definition) is 4. The molecule has 0 aromatic carbocycles. The van der Waals surface area contributed by atoms with Gasteiger partial charge in [0, 0.05) is 12.7 Å². The zero-order valence-electron chi connectivity index (χ0n) is 8.31. The van der Waals surface area contributed by atoms with Gasteiger partial charge in [0.05, 0.1) is 17.2 Å². The van der Waals surface area contributed by atoms with Gasteiger partial charge in [-0.15, -0.1) is 0 Å². The van der Waals surface area contributed by atoms with Gasteiger partial charge in [0.25, 0.3) is 5.82 Å². The Balaban J connectivity index is 0.000000292. The van der Waals surface area contributed by atoms with Gasteiger partial charge >= 0.3 is 5.88 Å². The predicted octanol–water partition coefficient (Wildman–Crippen LogP) is -0.731. The highest BCUT2D eigenvalue weighted by Gasteiger charge is 2.08. The van der Waals surface area contributed by atoms with Crippen molar-refractivity contribution in [2.45, 2.75) is 13.3 Å². The molecule has 0 aliphatic heterocycles. The summed E-state index contributed by atoms with van der Waals surface area (Å²) in [5.74, 6) is 1.32. The fourth-order valence-corrected chi connectivity index (χ4v) is 0.819. The van der Waals surface area contributed by atoms with Crippen molar-refractivity contribution in [3.63, 3.8) is 0 Å². The Labute approximate surface area is 83.0 Å². The number of rotatable bonds is 1. The van der Waals surface area contributed by atoms with Gasteiger partial charge in [0.2, 0.25) is 0 Å². The molecule has 1 rings (SSSR count). The molecule has 0 unspecified atom stereocenters. The summed E-state index contributed by atoms with van der Waals surface area (Å²) in [5, 5.41) is 9.00. The molecule has 0 saturated carbocycles. The van der Waals surface area contributed by atoms with Crippen LogP contribution in [0.3, 0.4) is 0 Å². The van der Waals surface area contributed by atoms with Crippen LogP contribution < -0.4 is 4.57 Å². The van der Waals surface area contributed by atoms with Crippen LogP contribution in [0.1, 0.15) is 12.7 Å². The van der Waals surface area contributed by atoms with Crippen LogP contribution in [-0.2, 0) is 23.6 Å². The van der Waals surface area contributed by atoms with Crippen LogP contribution in [0.4, 0.5) is 0 Å². The second-order valence-corrected chi connectivity index (χ2v) is 4.12. The number of hydrogen-bond donors (Lipinski definition) is 2. The Morgan fingerprint density at radius 3 is 2.21 bits per heavy atom. The monoisotopic (exact) mass is 222 g/mol. The third-order valence-electron chi connectivity index (χ3n) is 1.45. The van der Waals surface area contributed by atoms with Crippen molar-refractivity contribution in [2.75, 3.05) is 6.26 Å². The van der Waals surface area contributed by atoms with Gasteiger partial charge in [0.15, 0.2) is 6.20 Å². The fraction of sp³-hybridized carbons (Fsp3) is 0.571. The lowest BCUT2D eigenvalue weighted by Crippen LogP contribution is -2.30. The van der Waals surface area contributed by atoms with Gasteiger partial charge in [0.1, 0.15) is 0 Å². The van der Waals surface area contributed by atoms with Crippen LogP contribution in [0.15, 0.2) is 6.20 Å². The predicted molar refractivity (Wildman–Crippen MR) is 48.6 cm³/mol. The lowest BCUT2D eigenvalue weighted by Gasteiger charge is -1.90. The maximum atomic E-state index is 9.08. The minimum Gasteiger partial charge on any atom is -0.748 e. The number of aromatic nitrogens is 2. The van der Waals surface area contributed by atoms with Crippen molar-refractivity contribution in [1.82, 2.24) is 4.98 Å². The molecular formula is C7H14N2O4S. The van der Waals surface area contributed by atoms with Gasteiger partial charge in [-0.1, -0.05) is 6.92 Å². The van der Waals surface area contributed by atoms with E-state index in [0.29, 0.717) is 6.26 Å². The van der Waals surface area contributed by atoms with E-state index in [1.165, 1.54) is 0 Å². The fourth-order valence-electron chi connectivity index (χ4n) is 0.819. The molecule has 82 valence electrons. The van der Waals surface area contributed by atoms with E-state index >= 15 is 0 Å². The van der Waals surface area contributed by atoms with Crippen LogP contribution in [-0.4, -0.2) is 29.3 Å². The minimum atomic E-state index is -3.92. The van der Waals surface area contributed by atoms with Crippen molar-refractivity contribution in [3.05, 3.63) is 12.0 Å². The maximum Gasteiger partial charge on any atom is 0.321 e. The van der Waals surface area contributed by atoms with Crippen molar-refractivity contribution >= 4 is 10.1 Å². The highest BCUT2D eigenvalue weighted by Crippen LogP contribution is 1.98. The molecule has 0 aliphatic carbocycles. The number of nitrogens with zero attached hydrogens (tertiary/aromatic N) is 1. The molecule has 6 nitrogen and oxygen atoms in total. The first-order chi connectivity index (χ1) is 6.25. The zero-order valence-corrected chi connectivity index (χ0v) is 9.13. The smallest absolute Gasteiger partial charge is 0.321 e. The van der Waals surface area contributed by atoms with E-state index in [1.54, 1.807) is 10.8 Å². The van der Waals surface area contributed by atoms with E-state index < -0.39 is 10.1 Å². The number of aromatic amines is 1. The molecule has 0 spiro atoms. The summed E-state index contributed by atoms with van der Waals surface area (Å²) in [5.41, 5.74) is 0. The van der Waals surface area contributed by atoms with Crippen molar-refractivity contribution in [1.29, 1.82) is 0 Å². The molecule has 0 saturated heterocycles. The standard InChI is InChI=1S/C6H10N2O.CH4O3S/c1-3-5-7-4-6(9)8(5)2;1-5(2,3)4/h4,9H,3H2,1-2H3;1H3,(H,2,3,4). The Hall–Kier alpha value is -1.08. The van der Waals surface area contributed by atoms with Crippen molar-refractivity contribution in [3.8, 4) is 5.88 Å². The van der Waals surface area contributed by atoms with Crippen LogP contribution in [0, 0.1) is 0 Å². The van der Waals surface area contributed by atoms with Crippen LogP contribution in [0.25, 0.3) is 0 Å². The lowest BCUT2D eigenvalue weighted by atomic mass is 10.5. The zero-order chi connectivity index (χ0) is 11.4. The van der Waals surface area contributed by atoms with E-state index in [2.05, 4.69) is 4.98 Å². The molecular weight excluding hydrogens is 208 g/mol. The number of imidazole rings is 1. The summed E-state index contributed by atoms with van der Waals surface area (Å²) >= 11 is 0. The number of H-pyrrole nitrogens is 1. The number of aromatic hydroxyl groups is 1. The summed E-state index contributed by atoms with van der Waals surface area (Å²) < 4.78 is 29.0. The molecule has 1 aromatic heterocycles. The Morgan fingerprint density at radius 2 is 2.07 bits per heavy atom. The summed E-state index contributed by atoms with van der Waals surface area (Å²) in [6, 6.07) is 0. The van der Waals surface area contributed by atoms with Crippen molar-refractivity contribution < 1.29 is 22.6 Å². The SMILES string of the molecule is CCc1[nH]cc(O)[n+]1C.CS(=O)(=O)[O-].